The maximum atomic E-state index is 13.6. The molecule has 1 nitrogen and oxygen atoms in total. The molecule has 0 unspecified atom stereocenters. The Morgan fingerprint density at radius 1 is 1.12 bits per heavy atom. The van der Waals surface area contributed by atoms with Gasteiger partial charge in [-0.1, -0.05) is 28.1 Å². The fourth-order valence-electron chi connectivity index (χ4n) is 1.56. The lowest BCUT2D eigenvalue weighted by atomic mass is 10.0. The van der Waals surface area contributed by atoms with E-state index in [9.17, 15) is 4.39 Å². The minimum atomic E-state index is -0.212. The van der Waals surface area contributed by atoms with Crippen molar-refractivity contribution in [3.63, 3.8) is 0 Å². The summed E-state index contributed by atoms with van der Waals surface area (Å²) in [5, 5.41) is 3.04. The van der Waals surface area contributed by atoms with Gasteiger partial charge in [0.15, 0.2) is 0 Å². The molecular formula is C13H11BrFN. The molecule has 0 aliphatic carbocycles. The Morgan fingerprint density at radius 3 is 2.69 bits per heavy atom. The van der Waals surface area contributed by atoms with Gasteiger partial charge in [0.1, 0.15) is 5.82 Å². The molecule has 0 saturated heterocycles. The molecule has 2 aromatic rings. The van der Waals surface area contributed by atoms with Crippen LogP contribution in [0.5, 0.6) is 0 Å². The minimum absolute atomic E-state index is 0.212. The van der Waals surface area contributed by atoms with Crippen LogP contribution in [-0.4, -0.2) is 7.05 Å². The topological polar surface area (TPSA) is 12.0 Å². The maximum Gasteiger partial charge on any atom is 0.131 e. The van der Waals surface area contributed by atoms with Crippen molar-refractivity contribution < 1.29 is 4.39 Å². The van der Waals surface area contributed by atoms with Gasteiger partial charge in [-0.3, -0.25) is 0 Å². The van der Waals surface area contributed by atoms with E-state index in [2.05, 4.69) is 21.2 Å². The summed E-state index contributed by atoms with van der Waals surface area (Å²) in [5.74, 6) is -0.212. The van der Waals surface area contributed by atoms with Crippen molar-refractivity contribution in [2.24, 2.45) is 0 Å². The van der Waals surface area contributed by atoms with Crippen molar-refractivity contribution in [1.29, 1.82) is 0 Å². The summed E-state index contributed by atoms with van der Waals surface area (Å²) in [4.78, 5) is 0. The van der Waals surface area contributed by atoms with Crippen molar-refractivity contribution in [2.45, 2.75) is 0 Å². The van der Waals surface area contributed by atoms with Crippen LogP contribution in [0.3, 0.4) is 0 Å². The van der Waals surface area contributed by atoms with Gasteiger partial charge in [-0.05, 0) is 35.9 Å². The first-order valence-electron chi connectivity index (χ1n) is 4.94. The molecule has 3 heteroatoms. The lowest BCUT2D eigenvalue weighted by molar-refractivity contribution is 0.631. The predicted octanol–water partition coefficient (Wildman–Crippen LogP) is 4.30. The van der Waals surface area contributed by atoms with Crippen LogP contribution in [0.1, 0.15) is 0 Å². The molecule has 0 spiro atoms. The molecule has 2 aromatic carbocycles. The Hall–Kier alpha value is -1.35. The quantitative estimate of drug-likeness (QED) is 0.865. The highest BCUT2D eigenvalue weighted by molar-refractivity contribution is 9.10. The highest BCUT2D eigenvalue weighted by Gasteiger charge is 2.05. The Balaban J connectivity index is 2.53. The van der Waals surface area contributed by atoms with Crippen molar-refractivity contribution >= 4 is 21.6 Å². The molecule has 2 rings (SSSR count). The fourth-order valence-corrected chi connectivity index (χ4v) is 1.92. The van der Waals surface area contributed by atoms with Crippen LogP contribution < -0.4 is 5.32 Å². The maximum absolute atomic E-state index is 13.6. The van der Waals surface area contributed by atoms with Gasteiger partial charge in [0, 0.05) is 22.8 Å². The van der Waals surface area contributed by atoms with E-state index in [0.717, 1.165) is 15.7 Å². The van der Waals surface area contributed by atoms with Gasteiger partial charge in [-0.15, -0.1) is 0 Å². The molecule has 0 atom stereocenters. The number of hydrogen-bond donors (Lipinski definition) is 1. The summed E-state index contributed by atoms with van der Waals surface area (Å²) < 4.78 is 14.5. The van der Waals surface area contributed by atoms with Crippen LogP contribution in [0.25, 0.3) is 11.1 Å². The number of benzene rings is 2. The van der Waals surface area contributed by atoms with Crippen molar-refractivity contribution in [2.75, 3.05) is 12.4 Å². The average Bonchev–Trinajstić information content (AvgIpc) is 2.32. The highest BCUT2D eigenvalue weighted by Crippen LogP contribution is 2.27. The van der Waals surface area contributed by atoms with E-state index in [-0.39, 0.29) is 5.82 Å². The van der Waals surface area contributed by atoms with Crippen LogP contribution in [-0.2, 0) is 0 Å². The van der Waals surface area contributed by atoms with E-state index in [4.69, 9.17) is 0 Å². The molecule has 0 radical (unpaired) electrons. The second-order valence-corrected chi connectivity index (χ2v) is 4.37. The summed E-state index contributed by atoms with van der Waals surface area (Å²) in [6.07, 6.45) is 0. The first kappa shape index (κ1) is 11.1. The Bertz CT molecular complexity index is 511. The van der Waals surface area contributed by atoms with Gasteiger partial charge < -0.3 is 5.32 Å². The number of rotatable bonds is 2. The van der Waals surface area contributed by atoms with Gasteiger partial charge in [0.05, 0.1) is 0 Å². The summed E-state index contributed by atoms with van der Waals surface area (Å²) in [7, 11) is 1.84. The van der Waals surface area contributed by atoms with Crippen LogP contribution >= 0.6 is 15.9 Å². The molecule has 0 aromatic heterocycles. The summed E-state index contributed by atoms with van der Waals surface area (Å²) in [6, 6.07) is 12.6. The molecule has 0 bridgehead atoms. The Labute approximate surface area is 102 Å². The second-order valence-electron chi connectivity index (χ2n) is 3.45. The van der Waals surface area contributed by atoms with E-state index < -0.39 is 0 Å². The lowest BCUT2D eigenvalue weighted by Gasteiger charge is -2.06. The molecule has 0 aliphatic heterocycles. The third kappa shape index (κ3) is 2.25. The number of hydrogen-bond acceptors (Lipinski definition) is 1. The van der Waals surface area contributed by atoms with Gasteiger partial charge in [0.2, 0.25) is 0 Å². The van der Waals surface area contributed by atoms with Crippen molar-refractivity contribution in [1.82, 2.24) is 0 Å². The third-order valence-corrected chi connectivity index (χ3v) is 2.88. The third-order valence-electron chi connectivity index (χ3n) is 2.39. The molecule has 0 heterocycles. The lowest BCUT2D eigenvalue weighted by Crippen LogP contribution is -1.89. The zero-order chi connectivity index (χ0) is 11.5. The van der Waals surface area contributed by atoms with Gasteiger partial charge in [0.25, 0.3) is 0 Å². The van der Waals surface area contributed by atoms with Gasteiger partial charge in [-0.25, -0.2) is 4.39 Å². The highest BCUT2D eigenvalue weighted by atomic mass is 79.9. The molecule has 1 N–H and O–H groups in total. The number of anilines is 1. The molecular weight excluding hydrogens is 269 g/mol. The standard InChI is InChI=1S/C13H11BrFN/c1-16-11-4-2-3-9(7-11)12-8-10(14)5-6-13(12)15/h2-8,16H,1H3. The summed E-state index contributed by atoms with van der Waals surface area (Å²) >= 11 is 3.35. The van der Waals surface area contributed by atoms with Gasteiger partial charge in [-0.2, -0.15) is 0 Å². The molecule has 0 saturated carbocycles. The largest absolute Gasteiger partial charge is 0.388 e. The van der Waals surface area contributed by atoms with E-state index in [1.165, 1.54) is 6.07 Å². The molecule has 82 valence electrons. The zero-order valence-electron chi connectivity index (χ0n) is 8.80. The number of nitrogens with one attached hydrogen (secondary N) is 1. The minimum Gasteiger partial charge on any atom is -0.388 e. The Morgan fingerprint density at radius 2 is 1.94 bits per heavy atom. The first-order valence-corrected chi connectivity index (χ1v) is 5.73. The summed E-state index contributed by atoms with van der Waals surface area (Å²) in [6.45, 7) is 0. The Kier molecular flexibility index (Phi) is 3.25. The van der Waals surface area contributed by atoms with Crippen molar-refractivity contribution in [3.05, 3.63) is 52.8 Å². The number of halogens is 2. The van der Waals surface area contributed by atoms with E-state index in [0.29, 0.717) is 5.56 Å². The smallest absolute Gasteiger partial charge is 0.131 e. The summed E-state index contributed by atoms with van der Waals surface area (Å²) in [5.41, 5.74) is 2.44. The predicted molar refractivity (Wildman–Crippen MR) is 69.1 cm³/mol. The van der Waals surface area contributed by atoms with Gasteiger partial charge >= 0.3 is 0 Å². The van der Waals surface area contributed by atoms with E-state index in [1.807, 2.05) is 31.3 Å². The normalized spacial score (nSPS) is 10.2. The van der Waals surface area contributed by atoms with Crippen molar-refractivity contribution in [3.8, 4) is 11.1 Å². The molecule has 16 heavy (non-hydrogen) atoms. The van der Waals surface area contributed by atoms with Crippen LogP contribution in [0, 0.1) is 5.82 Å². The molecule has 0 fully saturated rings. The fraction of sp³-hybridized carbons (Fsp3) is 0.0769. The SMILES string of the molecule is CNc1cccc(-c2cc(Br)ccc2F)c1. The average molecular weight is 280 g/mol. The first-order chi connectivity index (χ1) is 7.70. The van der Waals surface area contributed by atoms with Crippen LogP contribution in [0.15, 0.2) is 46.9 Å². The van der Waals surface area contributed by atoms with Crippen LogP contribution in [0.2, 0.25) is 0 Å². The second kappa shape index (κ2) is 4.66. The van der Waals surface area contributed by atoms with E-state index >= 15 is 0 Å². The van der Waals surface area contributed by atoms with Crippen LogP contribution in [0.4, 0.5) is 10.1 Å². The van der Waals surface area contributed by atoms with E-state index in [1.54, 1.807) is 12.1 Å². The monoisotopic (exact) mass is 279 g/mol. The molecule has 0 amide bonds. The molecule has 0 aliphatic rings. The zero-order valence-corrected chi connectivity index (χ0v) is 10.4.